The number of anilines is 2. The predicted molar refractivity (Wildman–Crippen MR) is 89.3 cm³/mol. The van der Waals surface area contributed by atoms with Crippen LogP contribution in [0.1, 0.15) is 54.2 Å². The molecule has 1 atom stereocenters. The number of aryl methyl sites for hydroxylation is 1. The van der Waals surface area contributed by atoms with Crippen molar-refractivity contribution in [3.63, 3.8) is 0 Å². The average molecular weight is 302 g/mol. The Morgan fingerprint density at radius 3 is 2.67 bits per heavy atom. The molecule has 0 saturated heterocycles. The molecule has 1 fully saturated rings. The molecule has 1 unspecified atom stereocenters. The second kappa shape index (κ2) is 6.02. The monoisotopic (exact) mass is 302 g/mol. The standard InChI is InChI=1S/C16H22N4S/c1-4-17-14-9-15(20-16(19-14)12-6-7-12)18-11(3)13-8-5-10(2)21-13/h5,8-9,11-12H,4,6-7H2,1-3H3,(H2,17,18,19,20). The summed E-state index contributed by atoms with van der Waals surface area (Å²) >= 11 is 1.83. The quantitative estimate of drug-likeness (QED) is 0.834. The molecule has 0 amide bonds. The lowest BCUT2D eigenvalue weighted by Crippen LogP contribution is -2.10. The number of hydrogen-bond acceptors (Lipinski definition) is 5. The van der Waals surface area contributed by atoms with Crippen LogP contribution >= 0.6 is 11.3 Å². The molecular formula is C16H22N4S. The van der Waals surface area contributed by atoms with Gasteiger partial charge >= 0.3 is 0 Å². The third-order valence-electron chi connectivity index (χ3n) is 3.60. The summed E-state index contributed by atoms with van der Waals surface area (Å²) in [6.07, 6.45) is 2.43. The van der Waals surface area contributed by atoms with Crippen molar-refractivity contribution >= 4 is 23.0 Å². The van der Waals surface area contributed by atoms with Gasteiger partial charge in [-0.15, -0.1) is 11.3 Å². The van der Waals surface area contributed by atoms with E-state index in [1.807, 2.05) is 17.4 Å². The minimum Gasteiger partial charge on any atom is -0.370 e. The Morgan fingerprint density at radius 1 is 1.29 bits per heavy atom. The number of aromatic nitrogens is 2. The highest BCUT2D eigenvalue weighted by molar-refractivity contribution is 7.12. The normalized spacial score (nSPS) is 15.8. The van der Waals surface area contributed by atoms with E-state index < -0.39 is 0 Å². The highest BCUT2D eigenvalue weighted by atomic mass is 32.1. The van der Waals surface area contributed by atoms with Crippen molar-refractivity contribution in [1.29, 1.82) is 0 Å². The van der Waals surface area contributed by atoms with E-state index in [1.54, 1.807) is 0 Å². The summed E-state index contributed by atoms with van der Waals surface area (Å²) in [7, 11) is 0. The molecule has 1 saturated carbocycles. The summed E-state index contributed by atoms with van der Waals surface area (Å²) < 4.78 is 0. The first-order valence-corrected chi connectivity index (χ1v) is 8.43. The Morgan fingerprint density at radius 2 is 2.05 bits per heavy atom. The van der Waals surface area contributed by atoms with Gasteiger partial charge in [-0.2, -0.15) is 0 Å². The van der Waals surface area contributed by atoms with Crippen LogP contribution in [-0.4, -0.2) is 16.5 Å². The molecular weight excluding hydrogens is 280 g/mol. The Balaban J connectivity index is 1.80. The first kappa shape index (κ1) is 14.3. The lowest BCUT2D eigenvalue weighted by atomic mass is 10.2. The van der Waals surface area contributed by atoms with Gasteiger partial charge in [-0.3, -0.25) is 0 Å². The minimum absolute atomic E-state index is 0.264. The second-order valence-electron chi connectivity index (χ2n) is 5.62. The highest BCUT2D eigenvalue weighted by Crippen LogP contribution is 2.39. The summed E-state index contributed by atoms with van der Waals surface area (Å²) in [5.74, 6) is 3.38. The fraction of sp³-hybridized carbons (Fsp3) is 0.500. The highest BCUT2D eigenvalue weighted by Gasteiger charge is 2.27. The number of thiophene rings is 1. The van der Waals surface area contributed by atoms with Crippen LogP contribution in [0.25, 0.3) is 0 Å². The van der Waals surface area contributed by atoms with Gasteiger partial charge in [0.25, 0.3) is 0 Å². The van der Waals surface area contributed by atoms with Crippen molar-refractivity contribution in [2.75, 3.05) is 17.2 Å². The maximum absolute atomic E-state index is 4.69. The molecule has 2 aromatic rings. The summed E-state index contributed by atoms with van der Waals surface area (Å²) in [5.41, 5.74) is 0. The van der Waals surface area contributed by atoms with E-state index >= 15 is 0 Å². The van der Waals surface area contributed by atoms with Crippen LogP contribution in [0.2, 0.25) is 0 Å². The van der Waals surface area contributed by atoms with E-state index in [4.69, 9.17) is 4.98 Å². The van der Waals surface area contributed by atoms with Crippen molar-refractivity contribution in [2.24, 2.45) is 0 Å². The smallest absolute Gasteiger partial charge is 0.136 e. The molecule has 1 aliphatic carbocycles. The fourth-order valence-electron chi connectivity index (χ4n) is 2.31. The predicted octanol–water partition coefficient (Wildman–Crippen LogP) is 4.33. The molecule has 2 heterocycles. The zero-order valence-electron chi connectivity index (χ0n) is 12.8. The van der Waals surface area contributed by atoms with Gasteiger partial charge in [-0.1, -0.05) is 0 Å². The Bertz CT molecular complexity index is 618. The van der Waals surface area contributed by atoms with Crippen molar-refractivity contribution < 1.29 is 0 Å². The van der Waals surface area contributed by atoms with E-state index in [-0.39, 0.29) is 6.04 Å². The van der Waals surface area contributed by atoms with E-state index in [9.17, 15) is 0 Å². The maximum Gasteiger partial charge on any atom is 0.136 e. The summed E-state index contributed by atoms with van der Waals surface area (Å²) in [5, 5.41) is 6.81. The number of nitrogens with one attached hydrogen (secondary N) is 2. The van der Waals surface area contributed by atoms with E-state index in [2.05, 4.69) is 48.5 Å². The van der Waals surface area contributed by atoms with Crippen molar-refractivity contribution in [3.8, 4) is 0 Å². The van der Waals surface area contributed by atoms with Gasteiger partial charge in [0.15, 0.2) is 0 Å². The molecule has 0 aliphatic heterocycles. The zero-order valence-corrected chi connectivity index (χ0v) is 13.6. The van der Waals surface area contributed by atoms with Crippen LogP contribution in [0.3, 0.4) is 0 Å². The molecule has 0 bridgehead atoms. The second-order valence-corrected chi connectivity index (χ2v) is 6.94. The molecule has 2 N–H and O–H groups in total. The van der Waals surface area contributed by atoms with Crippen molar-refractivity contribution in [1.82, 2.24) is 9.97 Å². The van der Waals surface area contributed by atoms with E-state index in [1.165, 1.54) is 22.6 Å². The largest absolute Gasteiger partial charge is 0.370 e. The lowest BCUT2D eigenvalue weighted by molar-refractivity contribution is 0.868. The molecule has 3 rings (SSSR count). The summed E-state index contributed by atoms with van der Waals surface area (Å²) in [6, 6.07) is 6.62. The summed E-state index contributed by atoms with van der Waals surface area (Å²) in [4.78, 5) is 12.0. The van der Waals surface area contributed by atoms with Gasteiger partial charge < -0.3 is 10.6 Å². The molecule has 112 valence electrons. The fourth-order valence-corrected chi connectivity index (χ4v) is 3.19. The van der Waals surface area contributed by atoms with Crippen LogP contribution in [0, 0.1) is 6.92 Å². The molecule has 0 radical (unpaired) electrons. The molecule has 2 aromatic heterocycles. The van der Waals surface area contributed by atoms with Gasteiger partial charge in [-0.25, -0.2) is 9.97 Å². The van der Waals surface area contributed by atoms with E-state index in [0.29, 0.717) is 5.92 Å². The van der Waals surface area contributed by atoms with Crippen LogP contribution < -0.4 is 10.6 Å². The SMILES string of the molecule is CCNc1cc(NC(C)c2ccc(C)s2)nc(C2CC2)n1. The van der Waals surface area contributed by atoms with Crippen molar-refractivity contribution in [2.45, 2.75) is 45.6 Å². The topological polar surface area (TPSA) is 49.8 Å². The average Bonchev–Trinajstić information content (AvgIpc) is 3.21. The third-order valence-corrected chi connectivity index (χ3v) is 4.78. The van der Waals surface area contributed by atoms with Gasteiger partial charge in [-0.05, 0) is 45.7 Å². The van der Waals surface area contributed by atoms with E-state index in [0.717, 1.165) is 24.0 Å². The van der Waals surface area contributed by atoms with Crippen LogP contribution in [0.4, 0.5) is 11.6 Å². The first-order chi connectivity index (χ1) is 10.2. The number of hydrogen-bond donors (Lipinski definition) is 2. The molecule has 21 heavy (non-hydrogen) atoms. The Hall–Kier alpha value is -1.62. The van der Waals surface area contributed by atoms with Gasteiger partial charge in [0.1, 0.15) is 17.5 Å². The minimum atomic E-state index is 0.264. The lowest BCUT2D eigenvalue weighted by Gasteiger charge is -2.15. The Labute approximate surface area is 130 Å². The molecule has 4 nitrogen and oxygen atoms in total. The first-order valence-electron chi connectivity index (χ1n) is 7.61. The van der Waals surface area contributed by atoms with Gasteiger partial charge in [0.2, 0.25) is 0 Å². The zero-order chi connectivity index (χ0) is 14.8. The summed E-state index contributed by atoms with van der Waals surface area (Å²) in [6.45, 7) is 7.28. The molecule has 5 heteroatoms. The maximum atomic E-state index is 4.69. The molecule has 0 spiro atoms. The molecule has 1 aliphatic rings. The Kier molecular flexibility index (Phi) is 4.10. The van der Waals surface area contributed by atoms with Gasteiger partial charge in [0, 0.05) is 28.3 Å². The number of rotatable bonds is 6. The van der Waals surface area contributed by atoms with Gasteiger partial charge in [0.05, 0.1) is 6.04 Å². The third kappa shape index (κ3) is 3.53. The van der Waals surface area contributed by atoms with Crippen LogP contribution in [0.15, 0.2) is 18.2 Å². The number of nitrogens with zero attached hydrogens (tertiary/aromatic N) is 2. The van der Waals surface area contributed by atoms with Crippen LogP contribution in [0.5, 0.6) is 0 Å². The molecule has 0 aromatic carbocycles. The van der Waals surface area contributed by atoms with Crippen LogP contribution in [-0.2, 0) is 0 Å². The van der Waals surface area contributed by atoms with Crippen molar-refractivity contribution in [3.05, 3.63) is 33.8 Å².